The molecule has 17 heavy (non-hydrogen) atoms. The molecule has 1 atom stereocenters. The van der Waals surface area contributed by atoms with Gasteiger partial charge in [0.2, 0.25) is 0 Å². The van der Waals surface area contributed by atoms with Crippen molar-refractivity contribution in [3.63, 3.8) is 0 Å². The van der Waals surface area contributed by atoms with Crippen LogP contribution in [-0.4, -0.2) is 23.0 Å². The highest BCUT2D eigenvalue weighted by atomic mass is 16.1. The molecule has 0 aliphatic carbocycles. The van der Waals surface area contributed by atoms with E-state index >= 15 is 0 Å². The van der Waals surface area contributed by atoms with Gasteiger partial charge in [-0.2, -0.15) is 0 Å². The third-order valence-corrected chi connectivity index (χ3v) is 3.74. The highest BCUT2D eigenvalue weighted by Gasteiger charge is 2.17. The number of aromatic nitrogens is 1. The van der Waals surface area contributed by atoms with E-state index in [9.17, 15) is 4.79 Å². The fraction of sp³-hybridized carbons (Fsp3) is 0.643. The Labute approximate surface area is 103 Å². The summed E-state index contributed by atoms with van der Waals surface area (Å²) < 4.78 is 0. The molecule has 0 amide bonds. The number of hydrogen-bond donors (Lipinski definition) is 1. The van der Waals surface area contributed by atoms with Gasteiger partial charge in [0.15, 0.2) is 5.43 Å². The van der Waals surface area contributed by atoms with Gasteiger partial charge >= 0.3 is 0 Å². The van der Waals surface area contributed by atoms with E-state index in [1.165, 1.54) is 12.8 Å². The molecule has 1 saturated heterocycles. The molecule has 2 rings (SSSR count). The van der Waals surface area contributed by atoms with Crippen LogP contribution in [0.2, 0.25) is 0 Å². The van der Waals surface area contributed by atoms with Crippen LogP contribution in [-0.2, 0) is 6.54 Å². The molecular weight excluding hydrogens is 212 g/mol. The SMILES string of the molecule is Cc1c[nH]c(CN2CCC[C@H](C)C2)c(C)c1=O. The van der Waals surface area contributed by atoms with Gasteiger partial charge in [-0.25, -0.2) is 0 Å². The van der Waals surface area contributed by atoms with Crippen LogP contribution < -0.4 is 5.43 Å². The van der Waals surface area contributed by atoms with Crippen molar-refractivity contribution in [3.05, 3.63) is 33.2 Å². The third-order valence-electron chi connectivity index (χ3n) is 3.74. The molecule has 0 bridgehead atoms. The van der Waals surface area contributed by atoms with E-state index in [0.717, 1.165) is 42.4 Å². The largest absolute Gasteiger partial charge is 0.363 e. The highest BCUT2D eigenvalue weighted by molar-refractivity contribution is 5.23. The Balaban J connectivity index is 2.13. The van der Waals surface area contributed by atoms with E-state index in [4.69, 9.17) is 0 Å². The summed E-state index contributed by atoms with van der Waals surface area (Å²) in [5.74, 6) is 0.779. The number of H-pyrrole nitrogens is 1. The molecule has 1 aromatic heterocycles. The second kappa shape index (κ2) is 5.05. The second-order valence-electron chi connectivity index (χ2n) is 5.39. The lowest BCUT2D eigenvalue weighted by atomic mass is 10.00. The van der Waals surface area contributed by atoms with Gasteiger partial charge in [0, 0.05) is 36.1 Å². The summed E-state index contributed by atoms with van der Waals surface area (Å²) >= 11 is 0. The van der Waals surface area contributed by atoms with Crippen molar-refractivity contribution in [1.29, 1.82) is 0 Å². The fourth-order valence-electron chi connectivity index (χ4n) is 2.62. The molecule has 1 aliphatic rings. The zero-order valence-electron chi connectivity index (χ0n) is 11.0. The maximum Gasteiger partial charge on any atom is 0.187 e. The van der Waals surface area contributed by atoms with Gasteiger partial charge in [0.1, 0.15) is 0 Å². The van der Waals surface area contributed by atoms with E-state index < -0.39 is 0 Å². The number of aromatic amines is 1. The minimum atomic E-state index is 0.184. The lowest BCUT2D eigenvalue weighted by Crippen LogP contribution is -2.34. The van der Waals surface area contributed by atoms with Crippen LogP contribution in [0.25, 0.3) is 0 Å². The average molecular weight is 234 g/mol. The molecule has 1 fully saturated rings. The predicted molar refractivity (Wildman–Crippen MR) is 70.2 cm³/mol. The number of nitrogens with one attached hydrogen (secondary N) is 1. The van der Waals surface area contributed by atoms with Gasteiger partial charge in [-0.1, -0.05) is 6.92 Å². The number of piperidine rings is 1. The van der Waals surface area contributed by atoms with Crippen LogP contribution in [0.1, 0.15) is 36.6 Å². The number of hydrogen-bond acceptors (Lipinski definition) is 2. The van der Waals surface area contributed by atoms with E-state index in [1.807, 2.05) is 20.0 Å². The third kappa shape index (κ3) is 2.78. The van der Waals surface area contributed by atoms with Gasteiger partial charge in [-0.05, 0) is 39.2 Å². The number of likely N-dealkylation sites (tertiary alicyclic amines) is 1. The topological polar surface area (TPSA) is 36.1 Å². The lowest BCUT2D eigenvalue weighted by molar-refractivity contribution is 0.174. The fourth-order valence-corrected chi connectivity index (χ4v) is 2.62. The van der Waals surface area contributed by atoms with Crippen molar-refractivity contribution in [3.8, 4) is 0 Å². The van der Waals surface area contributed by atoms with Crippen molar-refractivity contribution in [2.24, 2.45) is 5.92 Å². The Hall–Kier alpha value is -1.09. The van der Waals surface area contributed by atoms with Crippen LogP contribution in [0.3, 0.4) is 0 Å². The number of rotatable bonds is 2. The predicted octanol–water partition coefficient (Wildman–Crippen LogP) is 2.22. The van der Waals surface area contributed by atoms with E-state index in [1.54, 1.807) is 0 Å². The summed E-state index contributed by atoms with van der Waals surface area (Å²) in [6, 6.07) is 0. The Bertz CT molecular complexity index is 450. The van der Waals surface area contributed by atoms with Crippen molar-refractivity contribution >= 4 is 0 Å². The molecule has 0 aromatic carbocycles. The van der Waals surface area contributed by atoms with Gasteiger partial charge < -0.3 is 4.98 Å². The first-order valence-corrected chi connectivity index (χ1v) is 6.48. The van der Waals surface area contributed by atoms with E-state index in [-0.39, 0.29) is 5.43 Å². The highest BCUT2D eigenvalue weighted by Crippen LogP contribution is 2.17. The summed E-state index contributed by atoms with van der Waals surface area (Å²) in [7, 11) is 0. The normalized spacial score (nSPS) is 21.7. The number of aryl methyl sites for hydroxylation is 1. The second-order valence-corrected chi connectivity index (χ2v) is 5.39. The van der Waals surface area contributed by atoms with E-state index in [2.05, 4.69) is 16.8 Å². The molecule has 1 aromatic rings. The van der Waals surface area contributed by atoms with Crippen LogP contribution in [0.5, 0.6) is 0 Å². The van der Waals surface area contributed by atoms with Crippen molar-refractivity contribution in [2.75, 3.05) is 13.1 Å². The molecule has 0 unspecified atom stereocenters. The van der Waals surface area contributed by atoms with Gasteiger partial charge in [0.05, 0.1) is 0 Å². The summed E-state index contributed by atoms with van der Waals surface area (Å²) in [5.41, 5.74) is 2.94. The summed E-state index contributed by atoms with van der Waals surface area (Å²) in [5, 5.41) is 0. The first-order valence-electron chi connectivity index (χ1n) is 6.48. The van der Waals surface area contributed by atoms with Gasteiger partial charge in [-0.15, -0.1) is 0 Å². The Morgan fingerprint density at radius 3 is 2.94 bits per heavy atom. The van der Waals surface area contributed by atoms with Crippen LogP contribution >= 0.6 is 0 Å². The Morgan fingerprint density at radius 2 is 2.24 bits per heavy atom. The molecule has 0 spiro atoms. The van der Waals surface area contributed by atoms with Crippen LogP contribution in [0.4, 0.5) is 0 Å². The quantitative estimate of drug-likeness (QED) is 0.851. The van der Waals surface area contributed by atoms with Gasteiger partial charge in [-0.3, -0.25) is 9.69 Å². The molecule has 3 heteroatoms. The number of pyridine rings is 1. The molecule has 3 nitrogen and oxygen atoms in total. The average Bonchev–Trinajstić information content (AvgIpc) is 2.30. The summed E-state index contributed by atoms with van der Waals surface area (Å²) in [6.45, 7) is 9.27. The molecule has 1 aliphatic heterocycles. The molecule has 1 N–H and O–H groups in total. The standard InChI is InChI=1S/C14H22N2O/c1-10-5-4-6-16(8-10)9-13-12(3)14(17)11(2)7-15-13/h7,10H,4-6,8-9H2,1-3H3,(H,15,17)/t10-/m0/s1. The molecule has 0 saturated carbocycles. The summed E-state index contributed by atoms with van der Waals surface area (Å²) in [6.07, 6.45) is 4.44. The van der Waals surface area contributed by atoms with Crippen LogP contribution in [0.15, 0.2) is 11.0 Å². The smallest absolute Gasteiger partial charge is 0.187 e. The van der Waals surface area contributed by atoms with Gasteiger partial charge in [0.25, 0.3) is 0 Å². The summed E-state index contributed by atoms with van der Waals surface area (Å²) in [4.78, 5) is 17.6. The number of nitrogens with zero attached hydrogens (tertiary/aromatic N) is 1. The minimum absolute atomic E-state index is 0.184. The first-order chi connectivity index (χ1) is 8.08. The lowest BCUT2D eigenvalue weighted by Gasteiger charge is -2.31. The first kappa shape index (κ1) is 12.4. The van der Waals surface area contributed by atoms with Crippen molar-refractivity contribution in [2.45, 2.75) is 40.2 Å². The minimum Gasteiger partial charge on any atom is -0.363 e. The van der Waals surface area contributed by atoms with Crippen molar-refractivity contribution in [1.82, 2.24) is 9.88 Å². The Kier molecular flexibility index (Phi) is 3.67. The molecule has 94 valence electrons. The molecular formula is C14H22N2O. The molecule has 2 heterocycles. The maximum absolute atomic E-state index is 11.9. The molecule has 0 radical (unpaired) electrons. The monoisotopic (exact) mass is 234 g/mol. The zero-order chi connectivity index (χ0) is 12.4. The van der Waals surface area contributed by atoms with Crippen molar-refractivity contribution < 1.29 is 0 Å². The van der Waals surface area contributed by atoms with Crippen LogP contribution in [0, 0.1) is 19.8 Å². The van der Waals surface area contributed by atoms with E-state index in [0.29, 0.717) is 0 Å². The Morgan fingerprint density at radius 1 is 1.47 bits per heavy atom. The maximum atomic E-state index is 11.9. The zero-order valence-corrected chi connectivity index (χ0v) is 11.0.